The largest absolute Gasteiger partial charge is 0.360 e. The molecule has 0 atom stereocenters. The maximum absolute atomic E-state index is 12.4. The molecule has 4 rings (SSSR count). The fraction of sp³-hybridized carbons (Fsp3) is 0.238. The summed E-state index contributed by atoms with van der Waals surface area (Å²) in [6.45, 7) is 3.82. The monoisotopic (exact) mass is 378 g/mol. The van der Waals surface area contributed by atoms with Crippen LogP contribution in [0.5, 0.6) is 0 Å². The zero-order valence-corrected chi connectivity index (χ0v) is 15.9. The number of amides is 2. The first-order valence-corrected chi connectivity index (χ1v) is 9.98. The molecular weight excluding hydrogens is 356 g/mol. The highest BCUT2D eigenvalue weighted by Crippen LogP contribution is 2.22. The zero-order valence-electron chi connectivity index (χ0n) is 15.0. The van der Waals surface area contributed by atoms with E-state index in [1.54, 1.807) is 23.7 Å². The van der Waals surface area contributed by atoms with Gasteiger partial charge in [-0.25, -0.2) is 4.79 Å². The van der Waals surface area contributed by atoms with Crippen LogP contribution in [-0.4, -0.2) is 42.1 Å². The Morgan fingerprint density at radius 1 is 0.963 bits per heavy atom. The van der Waals surface area contributed by atoms with E-state index in [1.807, 2.05) is 17.0 Å². The number of carbonyl (C=O) groups excluding carboxylic acids is 1. The SMILES string of the molecule is O=C(NCc1ccc(-c2ccncc2)cc1)N1CCN(c2cccs2)CC1. The third kappa shape index (κ3) is 4.28. The van der Waals surface area contributed by atoms with E-state index in [2.05, 4.69) is 57.0 Å². The summed E-state index contributed by atoms with van der Waals surface area (Å²) >= 11 is 1.75. The smallest absolute Gasteiger partial charge is 0.317 e. The number of rotatable bonds is 4. The van der Waals surface area contributed by atoms with Crippen molar-refractivity contribution >= 4 is 22.4 Å². The molecule has 0 spiro atoms. The van der Waals surface area contributed by atoms with Crippen molar-refractivity contribution in [3.8, 4) is 11.1 Å². The number of nitrogens with one attached hydrogen (secondary N) is 1. The maximum Gasteiger partial charge on any atom is 0.317 e. The van der Waals surface area contributed by atoms with Crippen molar-refractivity contribution in [2.24, 2.45) is 0 Å². The van der Waals surface area contributed by atoms with Crippen molar-refractivity contribution in [3.63, 3.8) is 0 Å². The number of urea groups is 1. The van der Waals surface area contributed by atoms with E-state index in [0.717, 1.165) is 42.9 Å². The number of pyridine rings is 1. The minimum Gasteiger partial charge on any atom is -0.360 e. The topological polar surface area (TPSA) is 48.5 Å². The normalized spacial score (nSPS) is 14.2. The van der Waals surface area contributed by atoms with Gasteiger partial charge in [-0.15, -0.1) is 11.3 Å². The van der Waals surface area contributed by atoms with Gasteiger partial charge in [0.2, 0.25) is 0 Å². The quantitative estimate of drug-likeness (QED) is 0.750. The fourth-order valence-electron chi connectivity index (χ4n) is 3.23. The van der Waals surface area contributed by atoms with Gasteiger partial charge in [-0.05, 0) is 46.3 Å². The molecule has 5 nitrogen and oxygen atoms in total. The van der Waals surface area contributed by atoms with Crippen molar-refractivity contribution < 1.29 is 4.79 Å². The van der Waals surface area contributed by atoms with Gasteiger partial charge < -0.3 is 15.1 Å². The Hall–Kier alpha value is -2.86. The van der Waals surface area contributed by atoms with Gasteiger partial charge in [0.1, 0.15) is 0 Å². The minimum absolute atomic E-state index is 0.0130. The standard InChI is InChI=1S/C21H22N4OS/c26-21(25-13-11-24(12-14-25)20-2-1-15-27-20)23-16-17-3-5-18(6-4-17)19-7-9-22-10-8-19/h1-10,15H,11-14,16H2,(H,23,26). The summed E-state index contributed by atoms with van der Waals surface area (Å²) in [5, 5.41) is 6.41. The van der Waals surface area contributed by atoms with Crippen molar-refractivity contribution in [2.75, 3.05) is 31.1 Å². The van der Waals surface area contributed by atoms with Gasteiger partial charge in [0.15, 0.2) is 0 Å². The third-order valence-corrected chi connectivity index (χ3v) is 5.73. The number of piperazine rings is 1. The lowest BCUT2D eigenvalue weighted by Gasteiger charge is -2.35. The maximum atomic E-state index is 12.4. The summed E-state index contributed by atoms with van der Waals surface area (Å²) in [6, 6.07) is 16.5. The Bertz CT molecular complexity index is 857. The molecule has 1 aliphatic rings. The van der Waals surface area contributed by atoms with Crippen LogP contribution in [0.25, 0.3) is 11.1 Å². The van der Waals surface area contributed by atoms with Crippen LogP contribution in [0.15, 0.2) is 66.3 Å². The molecule has 0 aliphatic carbocycles. The van der Waals surface area contributed by atoms with Crippen LogP contribution in [0.1, 0.15) is 5.56 Å². The van der Waals surface area contributed by atoms with E-state index in [9.17, 15) is 4.79 Å². The van der Waals surface area contributed by atoms with Crippen molar-refractivity contribution in [3.05, 3.63) is 71.9 Å². The van der Waals surface area contributed by atoms with Gasteiger partial charge >= 0.3 is 6.03 Å². The predicted octanol–water partition coefficient (Wildman–Crippen LogP) is 3.84. The van der Waals surface area contributed by atoms with Crippen LogP contribution in [0.3, 0.4) is 0 Å². The molecule has 2 aromatic heterocycles. The summed E-state index contributed by atoms with van der Waals surface area (Å²) in [6.07, 6.45) is 3.59. The van der Waals surface area contributed by atoms with E-state index in [1.165, 1.54) is 5.00 Å². The number of carbonyl (C=O) groups is 1. The molecule has 3 heterocycles. The molecule has 1 N–H and O–H groups in total. The van der Waals surface area contributed by atoms with Gasteiger partial charge in [0, 0.05) is 45.1 Å². The molecule has 0 saturated carbocycles. The third-order valence-electron chi connectivity index (χ3n) is 4.80. The highest BCUT2D eigenvalue weighted by Gasteiger charge is 2.21. The second-order valence-corrected chi connectivity index (χ2v) is 7.44. The van der Waals surface area contributed by atoms with Crippen molar-refractivity contribution in [1.29, 1.82) is 0 Å². The number of benzene rings is 1. The van der Waals surface area contributed by atoms with E-state index in [0.29, 0.717) is 6.54 Å². The minimum atomic E-state index is 0.0130. The van der Waals surface area contributed by atoms with E-state index < -0.39 is 0 Å². The van der Waals surface area contributed by atoms with Crippen LogP contribution in [0.4, 0.5) is 9.80 Å². The summed E-state index contributed by atoms with van der Waals surface area (Å²) in [4.78, 5) is 20.7. The summed E-state index contributed by atoms with van der Waals surface area (Å²) in [7, 11) is 0. The first kappa shape index (κ1) is 17.5. The predicted molar refractivity (Wildman–Crippen MR) is 110 cm³/mol. The average molecular weight is 379 g/mol. The molecule has 1 fully saturated rings. The van der Waals surface area contributed by atoms with Gasteiger partial charge in [-0.1, -0.05) is 24.3 Å². The molecular formula is C21H22N4OS. The fourth-order valence-corrected chi connectivity index (χ4v) is 4.01. The van der Waals surface area contributed by atoms with Gasteiger partial charge in [0.05, 0.1) is 5.00 Å². The molecule has 2 amide bonds. The highest BCUT2D eigenvalue weighted by molar-refractivity contribution is 7.14. The Balaban J connectivity index is 1.27. The van der Waals surface area contributed by atoms with Gasteiger partial charge in [-0.3, -0.25) is 4.98 Å². The van der Waals surface area contributed by atoms with Crippen molar-refractivity contribution in [1.82, 2.24) is 15.2 Å². The number of hydrogen-bond acceptors (Lipinski definition) is 4. The first-order valence-electron chi connectivity index (χ1n) is 9.10. The molecule has 3 aromatic rings. The Morgan fingerprint density at radius 3 is 2.33 bits per heavy atom. The molecule has 138 valence electrons. The van der Waals surface area contributed by atoms with Crippen molar-refractivity contribution in [2.45, 2.75) is 6.54 Å². The van der Waals surface area contributed by atoms with Crippen LogP contribution < -0.4 is 10.2 Å². The molecule has 0 radical (unpaired) electrons. The molecule has 1 aliphatic heterocycles. The second-order valence-electron chi connectivity index (χ2n) is 6.52. The van der Waals surface area contributed by atoms with E-state index in [-0.39, 0.29) is 6.03 Å². The number of aromatic nitrogens is 1. The molecule has 0 bridgehead atoms. The Labute approximate surface area is 163 Å². The average Bonchev–Trinajstić information content (AvgIpc) is 3.28. The lowest BCUT2D eigenvalue weighted by molar-refractivity contribution is 0.194. The van der Waals surface area contributed by atoms with E-state index in [4.69, 9.17) is 0 Å². The molecule has 27 heavy (non-hydrogen) atoms. The number of nitrogens with zero attached hydrogens (tertiary/aromatic N) is 3. The molecule has 1 saturated heterocycles. The summed E-state index contributed by atoms with van der Waals surface area (Å²) in [5.41, 5.74) is 3.39. The Morgan fingerprint density at radius 2 is 1.67 bits per heavy atom. The van der Waals surface area contributed by atoms with Gasteiger partial charge in [-0.2, -0.15) is 0 Å². The van der Waals surface area contributed by atoms with Crippen LogP contribution in [0.2, 0.25) is 0 Å². The molecule has 6 heteroatoms. The van der Waals surface area contributed by atoms with Crippen LogP contribution >= 0.6 is 11.3 Å². The summed E-state index contributed by atoms with van der Waals surface area (Å²) < 4.78 is 0. The lowest BCUT2D eigenvalue weighted by atomic mass is 10.1. The number of hydrogen-bond donors (Lipinski definition) is 1. The van der Waals surface area contributed by atoms with E-state index >= 15 is 0 Å². The van der Waals surface area contributed by atoms with Crippen LogP contribution in [0, 0.1) is 0 Å². The number of anilines is 1. The zero-order chi connectivity index (χ0) is 18.5. The second kappa shape index (κ2) is 8.22. The van der Waals surface area contributed by atoms with Gasteiger partial charge in [0.25, 0.3) is 0 Å². The molecule has 0 unspecified atom stereocenters. The lowest BCUT2D eigenvalue weighted by Crippen LogP contribution is -2.51. The highest BCUT2D eigenvalue weighted by atomic mass is 32.1. The molecule has 1 aromatic carbocycles. The Kier molecular flexibility index (Phi) is 5.34. The van der Waals surface area contributed by atoms with Crippen LogP contribution in [-0.2, 0) is 6.54 Å². The summed E-state index contributed by atoms with van der Waals surface area (Å²) in [5.74, 6) is 0. The number of thiophene rings is 1. The first-order chi connectivity index (χ1) is 13.3.